The van der Waals surface area contributed by atoms with E-state index in [0.29, 0.717) is 0 Å². The molecule has 1 fully saturated rings. The molecule has 3 atom stereocenters. The van der Waals surface area contributed by atoms with Gasteiger partial charge in [0.25, 0.3) is 0 Å². The van der Waals surface area contributed by atoms with E-state index in [2.05, 4.69) is 28.1 Å². The van der Waals surface area contributed by atoms with Crippen LogP contribution < -0.4 is 4.90 Å². The van der Waals surface area contributed by atoms with Crippen molar-refractivity contribution in [2.24, 2.45) is 10.8 Å². The Labute approximate surface area is 185 Å². The van der Waals surface area contributed by atoms with E-state index >= 15 is 0 Å². The second-order valence-corrected chi connectivity index (χ2v) is 9.87. The lowest BCUT2D eigenvalue weighted by Gasteiger charge is -2.37. The number of fused-ring (bicyclic) bond motifs is 3. The van der Waals surface area contributed by atoms with Crippen molar-refractivity contribution in [2.45, 2.75) is 38.8 Å². The monoisotopic (exact) mass is 459 g/mol. The summed E-state index contributed by atoms with van der Waals surface area (Å²) < 4.78 is 0.908. The van der Waals surface area contributed by atoms with Crippen molar-refractivity contribution in [1.82, 2.24) is 0 Å². The van der Waals surface area contributed by atoms with Gasteiger partial charge in [-0.2, -0.15) is 10.5 Å². The number of Topliss-reactive ketones (excluding diaryl/α,β-unsaturated/α-hetero) is 1. The second kappa shape index (κ2) is 7.11. The molecule has 150 valence electrons. The maximum absolute atomic E-state index is 13.8. The molecule has 2 aromatic carbocycles. The molecule has 0 amide bonds. The Morgan fingerprint density at radius 1 is 1.07 bits per heavy atom. The zero-order valence-corrected chi connectivity index (χ0v) is 18.7. The van der Waals surface area contributed by atoms with E-state index in [-0.39, 0.29) is 5.78 Å². The van der Waals surface area contributed by atoms with Gasteiger partial charge in [-0.05, 0) is 29.3 Å². The van der Waals surface area contributed by atoms with E-state index in [1.54, 1.807) is 0 Å². The number of carbonyl (C=O) groups excluding carboxylic acids is 1. The highest BCUT2D eigenvalue weighted by atomic mass is 79.9. The Bertz CT molecular complexity index is 1100. The fourth-order valence-electron chi connectivity index (χ4n) is 4.72. The predicted octanol–water partition coefficient (Wildman–Crippen LogP) is 5.47. The Morgan fingerprint density at radius 3 is 2.30 bits per heavy atom. The van der Waals surface area contributed by atoms with Crippen molar-refractivity contribution in [3.63, 3.8) is 0 Å². The van der Waals surface area contributed by atoms with Crippen LogP contribution in [0.4, 0.5) is 5.69 Å². The smallest absolute Gasteiger partial charge is 0.176 e. The number of hydrogen-bond donors (Lipinski definition) is 0. The average molecular weight is 460 g/mol. The first-order valence-corrected chi connectivity index (χ1v) is 10.7. The summed E-state index contributed by atoms with van der Waals surface area (Å²) >= 11 is 3.46. The van der Waals surface area contributed by atoms with Crippen molar-refractivity contribution >= 4 is 33.5 Å². The largest absolute Gasteiger partial charge is 0.351 e. The lowest BCUT2D eigenvalue weighted by Crippen LogP contribution is -2.47. The molecule has 0 bridgehead atoms. The third kappa shape index (κ3) is 2.89. The number of ketones is 1. The van der Waals surface area contributed by atoms with Crippen LogP contribution in [0.3, 0.4) is 0 Å². The molecule has 0 aliphatic carbocycles. The van der Waals surface area contributed by atoms with Crippen molar-refractivity contribution < 1.29 is 4.79 Å². The summed E-state index contributed by atoms with van der Waals surface area (Å²) in [6.07, 6.45) is 3.87. The summed E-state index contributed by atoms with van der Waals surface area (Å²) in [5, 5.41) is 20.7. The Kier molecular flexibility index (Phi) is 4.83. The van der Waals surface area contributed by atoms with E-state index in [1.165, 1.54) is 0 Å². The van der Waals surface area contributed by atoms with Crippen LogP contribution in [0.1, 0.15) is 37.8 Å². The summed E-state index contributed by atoms with van der Waals surface area (Å²) in [5.41, 5.74) is 0.691. The molecule has 1 saturated heterocycles. The number of anilines is 1. The van der Waals surface area contributed by atoms with Gasteiger partial charge in [-0.15, -0.1) is 0 Å². The van der Waals surface area contributed by atoms with Crippen molar-refractivity contribution in [3.8, 4) is 12.1 Å². The topological polar surface area (TPSA) is 67.9 Å². The van der Waals surface area contributed by atoms with Crippen LogP contribution in [0.25, 0.3) is 6.08 Å². The van der Waals surface area contributed by atoms with Gasteiger partial charge in [0.15, 0.2) is 11.2 Å². The van der Waals surface area contributed by atoms with Gasteiger partial charge in [-0.3, -0.25) is 4.79 Å². The standard InChI is InChI=1S/C25H22BrN3O/c1-24(2,3)23(30)22-21(17-8-11-18(26)12-9-17)25(14-27,15-28)20-13-10-16-6-4-5-7-19(16)29(20)22/h4-13,20-22H,1-3H3/t20-,21-,22+/m1/s1. The second-order valence-electron chi connectivity index (χ2n) is 8.95. The van der Waals surface area contributed by atoms with Gasteiger partial charge in [0.05, 0.1) is 24.2 Å². The minimum atomic E-state index is -1.39. The van der Waals surface area contributed by atoms with Gasteiger partial charge in [0.2, 0.25) is 0 Å². The van der Waals surface area contributed by atoms with Gasteiger partial charge in [0, 0.05) is 21.5 Å². The highest BCUT2D eigenvalue weighted by Crippen LogP contribution is 2.56. The number of benzene rings is 2. The zero-order chi connectivity index (χ0) is 21.7. The van der Waals surface area contributed by atoms with E-state index in [0.717, 1.165) is 21.3 Å². The van der Waals surface area contributed by atoms with Gasteiger partial charge in [0.1, 0.15) is 0 Å². The SMILES string of the molecule is CC(C)(C)C(=O)[C@@H]1[C@@H](c2ccc(Br)cc2)C(C#N)(C#N)[C@H]2C=Cc3ccccc3N12. The Morgan fingerprint density at radius 2 is 1.70 bits per heavy atom. The van der Waals surface area contributed by atoms with Gasteiger partial charge in [-0.1, -0.05) is 79.2 Å². The quantitative estimate of drug-likeness (QED) is 0.597. The van der Waals surface area contributed by atoms with Crippen molar-refractivity contribution in [2.75, 3.05) is 4.90 Å². The molecule has 0 spiro atoms. The minimum absolute atomic E-state index is 0.0258. The molecule has 30 heavy (non-hydrogen) atoms. The fourth-order valence-corrected chi connectivity index (χ4v) is 4.99. The third-order valence-corrected chi connectivity index (χ3v) is 6.68. The van der Waals surface area contributed by atoms with Crippen LogP contribution in [0.2, 0.25) is 0 Å². The lowest BCUT2D eigenvalue weighted by atomic mass is 9.68. The molecule has 4 nitrogen and oxygen atoms in total. The molecular formula is C25H22BrN3O. The third-order valence-electron chi connectivity index (χ3n) is 6.15. The molecule has 0 aromatic heterocycles. The van der Waals surface area contributed by atoms with Gasteiger partial charge >= 0.3 is 0 Å². The Hall–Kier alpha value is -2.89. The molecule has 2 heterocycles. The summed E-state index contributed by atoms with van der Waals surface area (Å²) in [7, 11) is 0. The van der Waals surface area contributed by atoms with Gasteiger partial charge in [-0.25, -0.2) is 0 Å². The summed E-state index contributed by atoms with van der Waals surface area (Å²) in [4.78, 5) is 15.8. The molecule has 0 unspecified atom stereocenters. The molecule has 4 rings (SSSR count). The highest BCUT2D eigenvalue weighted by Gasteiger charge is 2.64. The summed E-state index contributed by atoms with van der Waals surface area (Å²) in [5.74, 6) is -0.550. The number of nitrogens with zero attached hydrogens (tertiary/aromatic N) is 3. The predicted molar refractivity (Wildman–Crippen MR) is 121 cm³/mol. The van der Waals surface area contributed by atoms with Crippen LogP contribution in [0.5, 0.6) is 0 Å². The molecular weight excluding hydrogens is 438 g/mol. The van der Waals surface area contributed by atoms with Crippen LogP contribution in [0, 0.1) is 33.5 Å². The Balaban J connectivity index is 2.02. The molecule has 0 saturated carbocycles. The summed E-state index contributed by atoms with van der Waals surface area (Å²) in [6, 6.07) is 19.0. The van der Waals surface area contributed by atoms with Crippen LogP contribution in [-0.2, 0) is 4.79 Å². The molecule has 5 heteroatoms. The zero-order valence-electron chi connectivity index (χ0n) is 17.1. The number of carbonyl (C=O) groups is 1. The molecule has 2 aromatic rings. The molecule has 2 aliphatic heterocycles. The maximum Gasteiger partial charge on any atom is 0.176 e. The number of nitriles is 2. The van der Waals surface area contributed by atoms with Crippen LogP contribution in [-0.4, -0.2) is 17.9 Å². The van der Waals surface area contributed by atoms with Crippen molar-refractivity contribution in [1.29, 1.82) is 10.5 Å². The molecule has 2 aliphatic rings. The van der Waals surface area contributed by atoms with Gasteiger partial charge < -0.3 is 4.90 Å². The van der Waals surface area contributed by atoms with Crippen LogP contribution >= 0.6 is 15.9 Å². The molecule has 0 N–H and O–H groups in total. The van der Waals surface area contributed by atoms with Crippen molar-refractivity contribution in [3.05, 3.63) is 70.2 Å². The molecule has 0 radical (unpaired) electrons. The normalized spacial score (nSPS) is 23.8. The average Bonchev–Trinajstić information content (AvgIpc) is 3.04. The first-order valence-electron chi connectivity index (χ1n) is 9.92. The van der Waals surface area contributed by atoms with E-state index in [4.69, 9.17) is 0 Å². The lowest BCUT2D eigenvalue weighted by molar-refractivity contribution is -0.127. The maximum atomic E-state index is 13.8. The van der Waals surface area contributed by atoms with E-state index in [1.807, 2.05) is 86.4 Å². The first-order chi connectivity index (χ1) is 14.2. The first kappa shape index (κ1) is 20.4. The number of para-hydroxylation sites is 1. The van der Waals surface area contributed by atoms with Crippen LogP contribution in [0.15, 0.2) is 59.1 Å². The number of halogens is 1. The fraction of sp³-hybridized carbons (Fsp3) is 0.320. The number of rotatable bonds is 2. The highest BCUT2D eigenvalue weighted by molar-refractivity contribution is 9.10. The number of hydrogen-bond acceptors (Lipinski definition) is 4. The summed E-state index contributed by atoms with van der Waals surface area (Å²) in [6.45, 7) is 5.69. The van der Waals surface area contributed by atoms with E-state index in [9.17, 15) is 15.3 Å². The van der Waals surface area contributed by atoms with E-state index < -0.39 is 28.8 Å². The minimum Gasteiger partial charge on any atom is -0.351 e.